The average molecular weight is 312 g/mol. The maximum absolute atomic E-state index is 12.0. The summed E-state index contributed by atoms with van der Waals surface area (Å²) >= 11 is 3.24. The Bertz CT molecular complexity index is 567. The van der Waals surface area contributed by atoms with Crippen molar-refractivity contribution in [1.29, 1.82) is 0 Å². The third kappa shape index (κ3) is 2.33. The molecule has 0 aliphatic rings. The van der Waals surface area contributed by atoms with Gasteiger partial charge in [-0.2, -0.15) is 5.10 Å². The van der Waals surface area contributed by atoms with Crippen LogP contribution in [-0.4, -0.2) is 15.7 Å². The highest BCUT2D eigenvalue weighted by atomic mass is 79.9. The van der Waals surface area contributed by atoms with E-state index in [0.717, 1.165) is 17.8 Å². The number of hydrogen-bond donors (Lipinski definition) is 1. The Morgan fingerprint density at radius 3 is 2.78 bits per heavy atom. The SMILES string of the molecule is CCn1ncc(NC(=O)c2cc(C)c(Br)o2)c1C. The van der Waals surface area contributed by atoms with Gasteiger partial charge in [-0.1, -0.05) is 0 Å². The van der Waals surface area contributed by atoms with Gasteiger partial charge in [0.25, 0.3) is 5.91 Å². The summed E-state index contributed by atoms with van der Waals surface area (Å²) in [6.07, 6.45) is 1.64. The lowest BCUT2D eigenvalue weighted by Crippen LogP contribution is -2.11. The van der Waals surface area contributed by atoms with E-state index in [1.807, 2.05) is 25.5 Å². The van der Waals surface area contributed by atoms with Crippen LogP contribution in [-0.2, 0) is 6.54 Å². The molecule has 0 unspecified atom stereocenters. The van der Waals surface area contributed by atoms with Crippen LogP contribution >= 0.6 is 15.9 Å². The third-order valence-corrected chi connectivity index (χ3v) is 3.52. The zero-order chi connectivity index (χ0) is 13.3. The molecule has 0 saturated heterocycles. The fourth-order valence-electron chi connectivity index (χ4n) is 1.64. The first-order chi connectivity index (χ1) is 8.52. The molecule has 96 valence electrons. The molecule has 0 aliphatic carbocycles. The monoisotopic (exact) mass is 311 g/mol. The fraction of sp³-hybridized carbons (Fsp3) is 0.333. The number of anilines is 1. The summed E-state index contributed by atoms with van der Waals surface area (Å²) in [6, 6.07) is 1.69. The largest absolute Gasteiger partial charge is 0.444 e. The number of hydrogen-bond acceptors (Lipinski definition) is 3. The van der Waals surface area contributed by atoms with E-state index in [9.17, 15) is 4.79 Å². The van der Waals surface area contributed by atoms with Crippen LogP contribution in [0.3, 0.4) is 0 Å². The van der Waals surface area contributed by atoms with E-state index in [1.54, 1.807) is 12.3 Å². The highest BCUT2D eigenvalue weighted by Crippen LogP contribution is 2.22. The van der Waals surface area contributed by atoms with Crippen molar-refractivity contribution in [1.82, 2.24) is 9.78 Å². The lowest BCUT2D eigenvalue weighted by Gasteiger charge is -2.03. The summed E-state index contributed by atoms with van der Waals surface area (Å²) in [7, 11) is 0. The quantitative estimate of drug-likeness (QED) is 0.947. The third-order valence-electron chi connectivity index (χ3n) is 2.73. The van der Waals surface area contributed by atoms with Crippen LogP contribution < -0.4 is 5.32 Å². The van der Waals surface area contributed by atoms with Crippen molar-refractivity contribution in [3.63, 3.8) is 0 Å². The van der Waals surface area contributed by atoms with Gasteiger partial charge in [-0.15, -0.1) is 0 Å². The number of halogens is 1. The first-order valence-corrected chi connectivity index (χ1v) is 6.42. The van der Waals surface area contributed by atoms with E-state index in [2.05, 4.69) is 26.3 Å². The van der Waals surface area contributed by atoms with Gasteiger partial charge < -0.3 is 9.73 Å². The Kier molecular flexibility index (Phi) is 3.56. The van der Waals surface area contributed by atoms with E-state index in [4.69, 9.17) is 4.42 Å². The van der Waals surface area contributed by atoms with Crippen molar-refractivity contribution in [3.8, 4) is 0 Å². The highest BCUT2D eigenvalue weighted by Gasteiger charge is 2.15. The Labute approximate surface area is 113 Å². The number of aromatic nitrogens is 2. The molecule has 0 radical (unpaired) electrons. The maximum Gasteiger partial charge on any atom is 0.291 e. The second kappa shape index (κ2) is 4.97. The lowest BCUT2D eigenvalue weighted by atomic mass is 10.3. The minimum Gasteiger partial charge on any atom is -0.444 e. The van der Waals surface area contributed by atoms with Gasteiger partial charge in [0.1, 0.15) is 0 Å². The summed E-state index contributed by atoms with van der Waals surface area (Å²) in [6.45, 7) is 6.55. The molecule has 6 heteroatoms. The lowest BCUT2D eigenvalue weighted by molar-refractivity contribution is 0.0995. The first-order valence-electron chi connectivity index (χ1n) is 5.62. The number of amides is 1. The Morgan fingerprint density at radius 1 is 1.56 bits per heavy atom. The Morgan fingerprint density at radius 2 is 2.28 bits per heavy atom. The van der Waals surface area contributed by atoms with Crippen LogP contribution in [0, 0.1) is 13.8 Å². The van der Waals surface area contributed by atoms with Crippen molar-refractivity contribution >= 4 is 27.5 Å². The van der Waals surface area contributed by atoms with E-state index in [-0.39, 0.29) is 11.7 Å². The topological polar surface area (TPSA) is 60.1 Å². The average Bonchev–Trinajstić information content (AvgIpc) is 2.85. The molecule has 0 aromatic carbocycles. The molecule has 2 heterocycles. The van der Waals surface area contributed by atoms with Crippen molar-refractivity contribution in [2.75, 3.05) is 5.32 Å². The highest BCUT2D eigenvalue weighted by molar-refractivity contribution is 9.10. The number of rotatable bonds is 3. The van der Waals surface area contributed by atoms with Crippen LogP contribution in [0.1, 0.15) is 28.7 Å². The van der Waals surface area contributed by atoms with Crippen molar-refractivity contribution in [2.45, 2.75) is 27.3 Å². The number of nitrogens with one attached hydrogen (secondary N) is 1. The van der Waals surface area contributed by atoms with E-state index >= 15 is 0 Å². The zero-order valence-electron chi connectivity index (χ0n) is 10.5. The van der Waals surface area contributed by atoms with Gasteiger partial charge in [0.15, 0.2) is 10.4 Å². The van der Waals surface area contributed by atoms with Crippen molar-refractivity contribution < 1.29 is 9.21 Å². The van der Waals surface area contributed by atoms with Gasteiger partial charge in [0.2, 0.25) is 0 Å². The van der Waals surface area contributed by atoms with Crippen LogP contribution in [0.25, 0.3) is 0 Å². The van der Waals surface area contributed by atoms with Crippen LogP contribution in [0.5, 0.6) is 0 Å². The molecular formula is C12H14BrN3O2. The molecule has 0 atom stereocenters. The first kappa shape index (κ1) is 12.9. The number of carbonyl (C=O) groups excluding carboxylic acids is 1. The van der Waals surface area contributed by atoms with Crippen LogP contribution in [0.4, 0.5) is 5.69 Å². The molecule has 2 rings (SSSR count). The molecule has 18 heavy (non-hydrogen) atoms. The fourth-order valence-corrected chi connectivity index (χ4v) is 1.93. The molecule has 1 amide bonds. The minimum atomic E-state index is -0.275. The van der Waals surface area contributed by atoms with Crippen molar-refractivity contribution in [3.05, 3.63) is 34.0 Å². The van der Waals surface area contributed by atoms with Gasteiger partial charge in [0.05, 0.1) is 17.6 Å². The molecule has 0 bridgehead atoms. The molecular weight excluding hydrogens is 298 g/mol. The van der Waals surface area contributed by atoms with Gasteiger partial charge in [-0.3, -0.25) is 9.48 Å². The predicted molar refractivity (Wildman–Crippen MR) is 71.7 cm³/mol. The predicted octanol–water partition coefficient (Wildman–Crippen LogP) is 3.13. The minimum absolute atomic E-state index is 0.275. The molecule has 5 nitrogen and oxygen atoms in total. The molecule has 0 fully saturated rings. The molecule has 0 saturated carbocycles. The van der Waals surface area contributed by atoms with Gasteiger partial charge in [-0.05, 0) is 42.8 Å². The maximum atomic E-state index is 12.0. The van der Waals surface area contributed by atoms with Crippen LogP contribution in [0.15, 0.2) is 21.3 Å². The molecule has 1 N–H and O–H groups in total. The van der Waals surface area contributed by atoms with Crippen LogP contribution in [0.2, 0.25) is 0 Å². The summed E-state index contributed by atoms with van der Waals surface area (Å²) in [4.78, 5) is 12.0. The number of furan rings is 1. The van der Waals surface area contributed by atoms with Gasteiger partial charge >= 0.3 is 0 Å². The number of aryl methyl sites for hydroxylation is 2. The Hall–Kier alpha value is -1.56. The molecule has 0 spiro atoms. The van der Waals surface area contributed by atoms with E-state index < -0.39 is 0 Å². The second-order valence-corrected chi connectivity index (χ2v) is 4.70. The zero-order valence-corrected chi connectivity index (χ0v) is 12.0. The summed E-state index contributed by atoms with van der Waals surface area (Å²) in [5, 5.41) is 6.95. The second-order valence-electron chi connectivity index (χ2n) is 3.98. The summed E-state index contributed by atoms with van der Waals surface area (Å²) in [5.74, 6) is 0.00516. The van der Waals surface area contributed by atoms with Gasteiger partial charge in [-0.25, -0.2) is 0 Å². The number of carbonyl (C=O) groups is 1. The normalized spacial score (nSPS) is 10.7. The van der Waals surface area contributed by atoms with E-state index in [1.165, 1.54) is 0 Å². The molecule has 2 aromatic rings. The standard InChI is InChI=1S/C12H14BrN3O2/c1-4-16-8(3)9(6-14-16)15-12(17)10-5-7(2)11(13)18-10/h5-6H,4H2,1-3H3,(H,15,17). The van der Waals surface area contributed by atoms with Gasteiger partial charge in [0, 0.05) is 12.1 Å². The van der Waals surface area contributed by atoms with Crippen molar-refractivity contribution in [2.24, 2.45) is 0 Å². The summed E-state index contributed by atoms with van der Waals surface area (Å²) < 4.78 is 7.69. The molecule has 2 aromatic heterocycles. The van der Waals surface area contributed by atoms with E-state index in [0.29, 0.717) is 10.4 Å². The Balaban J connectivity index is 2.18. The molecule has 0 aliphatic heterocycles. The number of nitrogens with zero attached hydrogens (tertiary/aromatic N) is 2. The smallest absolute Gasteiger partial charge is 0.291 e. The summed E-state index contributed by atoms with van der Waals surface area (Å²) in [5.41, 5.74) is 2.52.